The van der Waals surface area contributed by atoms with Gasteiger partial charge in [0.2, 0.25) is 0 Å². The number of ether oxygens (including phenoxy) is 2. The van der Waals surface area contributed by atoms with Crippen molar-refractivity contribution in [1.29, 1.82) is 0 Å². The molecule has 1 aliphatic rings. The molecule has 1 fully saturated rings. The lowest BCUT2D eigenvalue weighted by Gasteiger charge is -2.34. The second-order valence-corrected chi connectivity index (χ2v) is 9.39. The summed E-state index contributed by atoms with van der Waals surface area (Å²) in [4.78, 5) is 4.18. The third-order valence-corrected chi connectivity index (χ3v) is 6.78. The normalized spacial score (nSPS) is 21.6. The smallest absolute Gasteiger partial charge is 0.150 e. The Morgan fingerprint density at radius 1 is 1.26 bits per heavy atom. The van der Waals surface area contributed by atoms with Crippen LogP contribution in [-0.2, 0) is 14.6 Å². The summed E-state index contributed by atoms with van der Waals surface area (Å²) >= 11 is 0. The molecule has 1 aromatic carbocycles. The number of rotatable bonds is 6. The summed E-state index contributed by atoms with van der Waals surface area (Å²) in [6.45, 7) is 2.70. The van der Waals surface area contributed by atoms with Crippen LogP contribution in [0.2, 0.25) is 0 Å². The van der Waals surface area contributed by atoms with E-state index in [0.717, 1.165) is 24.1 Å². The van der Waals surface area contributed by atoms with E-state index in [1.807, 2.05) is 24.3 Å². The number of aromatic hydroxyl groups is 1. The number of hydrogen-bond donors (Lipinski definition) is 1. The van der Waals surface area contributed by atoms with Crippen LogP contribution < -0.4 is 4.74 Å². The third-order valence-electron chi connectivity index (χ3n) is 5.08. The van der Waals surface area contributed by atoms with Crippen molar-refractivity contribution in [3.05, 3.63) is 42.6 Å². The van der Waals surface area contributed by atoms with E-state index < -0.39 is 15.1 Å². The van der Waals surface area contributed by atoms with Crippen LogP contribution in [-0.4, -0.2) is 49.3 Å². The Bertz CT molecular complexity index is 849. The SMILES string of the molecule is CC(C1CCCO[C@@H]1COc1ccc(-c2ccc(O)cn2)cc1)S(C)(=O)=O. The maximum atomic E-state index is 11.9. The molecule has 2 unspecified atom stereocenters. The van der Waals surface area contributed by atoms with Crippen molar-refractivity contribution in [3.63, 3.8) is 0 Å². The van der Waals surface area contributed by atoms with Crippen molar-refractivity contribution < 1.29 is 23.0 Å². The highest BCUT2D eigenvalue weighted by molar-refractivity contribution is 7.91. The van der Waals surface area contributed by atoms with Gasteiger partial charge in [0.05, 0.1) is 23.2 Å². The Morgan fingerprint density at radius 2 is 2.00 bits per heavy atom. The molecule has 1 aromatic heterocycles. The molecule has 7 heteroatoms. The van der Waals surface area contributed by atoms with Crippen LogP contribution >= 0.6 is 0 Å². The van der Waals surface area contributed by atoms with Gasteiger partial charge < -0.3 is 14.6 Å². The summed E-state index contributed by atoms with van der Waals surface area (Å²) in [7, 11) is -3.12. The monoisotopic (exact) mass is 391 g/mol. The molecule has 1 saturated heterocycles. The molecular weight excluding hydrogens is 366 g/mol. The van der Waals surface area contributed by atoms with Crippen molar-refractivity contribution >= 4 is 9.84 Å². The van der Waals surface area contributed by atoms with Gasteiger partial charge in [-0.1, -0.05) is 0 Å². The number of aromatic nitrogens is 1. The number of pyridine rings is 1. The van der Waals surface area contributed by atoms with E-state index in [9.17, 15) is 13.5 Å². The number of sulfone groups is 1. The van der Waals surface area contributed by atoms with Crippen LogP contribution in [0.5, 0.6) is 11.5 Å². The standard InChI is InChI=1S/C20H25NO5S/c1-14(27(2,23)24)18-4-3-11-25-20(18)13-26-17-8-5-15(6-9-17)19-10-7-16(22)12-21-19/h5-10,12,14,18,20,22H,3-4,11,13H2,1-2H3/t14?,18?,20-/m1/s1. The van der Waals surface area contributed by atoms with Crippen molar-refractivity contribution in [3.8, 4) is 22.8 Å². The zero-order valence-corrected chi connectivity index (χ0v) is 16.4. The molecule has 0 amide bonds. The van der Waals surface area contributed by atoms with Crippen LogP contribution in [0.1, 0.15) is 19.8 Å². The van der Waals surface area contributed by atoms with E-state index in [4.69, 9.17) is 9.47 Å². The van der Waals surface area contributed by atoms with E-state index in [2.05, 4.69) is 4.98 Å². The topological polar surface area (TPSA) is 85.7 Å². The van der Waals surface area contributed by atoms with Gasteiger partial charge in [0, 0.05) is 24.3 Å². The van der Waals surface area contributed by atoms with Gasteiger partial charge in [-0.2, -0.15) is 0 Å². The van der Waals surface area contributed by atoms with Crippen molar-refractivity contribution in [2.75, 3.05) is 19.5 Å². The summed E-state index contributed by atoms with van der Waals surface area (Å²) in [5.41, 5.74) is 1.68. The molecule has 3 atom stereocenters. The maximum Gasteiger partial charge on any atom is 0.150 e. The average Bonchev–Trinajstić information content (AvgIpc) is 2.66. The lowest BCUT2D eigenvalue weighted by molar-refractivity contribution is -0.0491. The van der Waals surface area contributed by atoms with E-state index in [0.29, 0.717) is 19.0 Å². The molecule has 1 aliphatic heterocycles. The van der Waals surface area contributed by atoms with Crippen molar-refractivity contribution in [1.82, 2.24) is 4.98 Å². The highest BCUT2D eigenvalue weighted by atomic mass is 32.2. The fraction of sp³-hybridized carbons (Fsp3) is 0.450. The number of hydrogen-bond acceptors (Lipinski definition) is 6. The molecule has 0 radical (unpaired) electrons. The number of benzene rings is 1. The van der Waals surface area contributed by atoms with Gasteiger partial charge in [-0.15, -0.1) is 0 Å². The number of nitrogens with zero attached hydrogens (tertiary/aromatic N) is 1. The maximum absolute atomic E-state index is 11.9. The Hall–Kier alpha value is -2.12. The largest absolute Gasteiger partial charge is 0.506 e. The van der Waals surface area contributed by atoms with Crippen molar-refractivity contribution in [2.24, 2.45) is 5.92 Å². The molecule has 0 saturated carbocycles. The van der Waals surface area contributed by atoms with E-state index in [1.165, 1.54) is 12.5 Å². The summed E-state index contributed by atoms with van der Waals surface area (Å²) in [5.74, 6) is 0.760. The lowest BCUT2D eigenvalue weighted by Crippen LogP contribution is -2.42. The minimum absolute atomic E-state index is 0.0609. The van der Waals surface area contributed by atoms with Gasteiger partial charge in [0.1, 0.15) is 27.9 Å². The summed E-state index contributed by atoms with van der Waals surface area (Å²) in [5, 5.41) is 8.87. The highest BCUT2D eigenvalue weighted by Gasteiger charge is 2.35. The van der Waals surface area contributed by atoms with Crippen LogP contribution in [0, 0.1) is 5.92 Å². The Balaban J connectivity index is 1.64. The molecule has 6 nitrogen and oxygen atoms in total. The van der Waals surface area contributed by atoms with E-state index in [1.54, 1.807) is 19.1 Å². The summed E-state index contributed by atoms with van der Waals surface area (Å²) in [6, 6.07) is 10.8. The summed E-state index contributed by atoms with van der Waals surface area (Å²) in [6.07, 6.45) is 4.15. The summed E-state index contributed by atoms with van der Waals surface area (Å²) < 4.78 is 35.5. The first-order valence-electron chi connectivity index (χ1n) is 9.03. The van der Waals surface area contributed by atoms with Gasteiger partial charge in [-0.3, -0.25) is 4.98 Å². The molecule has 0 aliphatic carbocycles. The van der Waals surface area contributed by atoms with Gasteiger partial charge in [-0.25, -0.2) is 8.42 Å². The molecule has 2 heterocycles. The predicted octanol–water partition coefficient (Wildman–Crippen LogP) is 3.06. The highest BCUT2D eigenvalue weighted by Crippen LogP contribution is 2.29. The van der Waals surface area contributed by atoms with Crippen LogP contribution in [0.4, 0.5) is 0 Å². The zero-order chi connectivity index (χ0) is 19.4. The lowest BCUT2D eigenvalue weighted by atomic mass is 9.92. The van der Waals surface area contributed by atoms with Crippen molar-refractivity contribution in [2.45, 2.75) is 31.1 Å². The quantitative estimate of drug-likeness (QED) is 0.815. The van der Waals surface area contributed by atoms with E-state index >= 15 is 0 Å². The van der Waals surface area contributed by atoms with Gasteiger partial charge in [0.25, 0.3) is 0 Å². The van der Waals surface area contributed by atoms with Crippen LogP contribution in [0.25, 0.3) is 11.3 Å². The minimum atomic E-state index is -3.12. The molecule has 1 N–H and O–H groups in total. The van der Waals surface area contributed by atoms with Crippen LogP contribution in [0.3, 0.4) is 0 Å². The predicted molar refractivity (Wildman–Crippen MR) is 104 cm³/mol. The fourth-order valence-electron chi connectivity index (χ4n) is 3.35. The molecule has 146 valence electrons. The van der Waals surface area contributed by atoms with Gasteiger partial charge in [0.15, 0.2) is 0 Å². The first-order chi connectivity index (χ1) is 12.8. The first-order valence-corrected chi connectivity index (χ1v) is 11.0. The zero-order valence-electron chi connectivity index (χ0n) is 15.5. The van der Waals surface area contributed by atoms with Gasteiger partial charge in [-0.05, 0) is 56.2 Å². The van der Waals surface area contributed by atoms with Crippen LogP contribution in [0.15, 0.2) is 42.6 Å². The minimum Gasteiger partial charge on any atom is -0.506 e. The molecule has 0 spiro atoms. The first kappa shape index (κ1) is 19.6. The molecule has 2 aromatic rings. The second kappa shape index (κ2) is 8.27. The molecule has 3 rings (SSSR count). The molecular formula is C20H25NO5S. The average molecular weight is 391 g/mol. The Morgan fingerprint density at radius 3 is 2.63 bits per heavy atom. The van der Waals surface area contributed by atoms with Gasteiger partial charge >= 0.3 is 0 Å². The molecule has 27 heavy (non-hydrogen) atoms. The van der Waals surface area contributed by atoms with E-state index in [-0.39, 0.29) is 17.8 Å². The third kappa shape index (κ3) is 4.99. The molecule has 0 bridgehead atoms. The fourth-order valence-corrected chi connectivity index (χ4v) is 4.29. The Kier molecular flexibility index (Phi) is 6.01. The Labute approximate surface area is 160 Å². The second-order valence-electron chi connectivity index (χ2n) is 6.99.